The van der Waals surface area contributed by atoms with Crippen LogP contribution >= 0.6 is 0 Å². The maximum Gasteiger partial charge on any atom is 0.343 e. The van der Waals surface area contributed by atoms with Crippen molar-refractivity contribution in [2.75, 3.05) is 13.7 Å². The Labute approximate surface area is 94.4 Å². The fraction of sp³-hybridized carbons (Fsp3) is 0.333. The third-order valence-corrected chi connectivity index (χ3v) is 2.19. The number of esters is 1. The Bertz CT molecular complexity index is 446. The van der Waals surface area contributed by atoms with Gasteiger partial charge in [0.1, 0.15) is 17.4 Å². The molecule has 0 bridgehead atoms. The Morgan fingerprint density at radius 1 is 1.50 bits per heavy atom. The van der Waals surface area contributed by atoms with Gasteiger partial charge in [0.05, 0.1) is 19.3 Å². The average Bonchev–Trinajstić information content (AvgIpc) is 2.28. The maximum atomic E-state index is 11.7. The van der Waals surface area contributed by atoms with E-state index in [0.29, 0.717) is 11.3 Å². The van der Waals surface area contributed by atoms with Gasteiger partial charge in [0.15, 0.2) is 0 Å². The SMILES string of the molecule is CCOC(=O)c1c(OC)ccc(C)c1C#N. The monoisotopic (exact) mass is 219 g/mol. The van der Waals surface area contributed by atoms with Gasteiger partial charge in [-0.2, -0.15) is 5.26 Å². The molecule has 16 heavy (non-hydrogen) atoms. The van der Waals surface area contributed by atoms with Gasteiger partial charge in [-0.15, -0.1) is 0 Å². The van der Waals surface area contributed by atoms with Crippen molar-refractivity contribution in [1.82, 2.24) is 0 Å². The van der Waals surface area contributed by atoms with E-state index in [9.17, 15) is 4.79 Å². The lowest BCUT2D eigenvalue weighted by Gasteiger charge is -2.10. The van der Waals surface area contributed by atoms with E-state index < -0.39 is 5.97 Å². The number of aryl methyl sites for hydroxylation is 1. The van der Waals surface area contributed by atoms with Gasteiger partial charge < -0.3 is 9.47 Å². The molecule has 0 aliphatic heterocycles. The van der Waals surface area contributed by atoms with Crippen molar-refractivity contribution in [2.45, 2.75) is 13.8 Å². The molecule has 0 aromatic heterocycles. The molecule has 0 heterocycles. The summed E-state index contributed by atoms with van der Waals surface area (Å²) in [4.78, 5) is 11.7. The Hall–Kier alpha value is -2.02. The molecule has 0 fully saturated rings. The van der Waals surface area contributed by atoms with Crippen molar-refractivity contribution in [3.05, 3.63) is 28.8 Å². The Morgan fingerprint density at radius 3 is 2.69 bits per heavy atom. The minimum Gasteiger partial charge on any atom is -0.496 e. The van der Waals surface area contributed by atoms with E-state index in [0.717, 1.165) is 5.56 Å². The summed E-state index contributed by atoms with van der Waals surface area (Å²) in [6.07, 6.45) is 0. The van der Waals surface area contributed by atoms with Crippen molar-refractivity contribution in [3.8, 4) is 11.8 Å². The highest BCUT2D eigenvalue weighted by molar-refractivity contribution is 5.95. The normalized spacial score (nSPS) is 9.38. The van der Waals surface area contributed by atoms with Crippen LogP contribution in [0.15, 0.2) is 12.1 Å². The van der Waals surface area contributed by atoms with Gasteiger partial charge in [-0.25, -0.2) is 4.79 Å². The van der Waals surface area contributed by atoms with Gasteiger partial charge in [0.2, 0.25) is 0 Å². The lowest BCUT2D eigenvalue weighted by Crippen LogP contribution is -2.10. The van der Waals surface area contributed by atoms with E-state index in [4.69, 9.17) is 14.7 Å². The topological polar surface area (TPSA) is 59.3 Å². The summed E-state index contributed by atoms with van der Waals surface area (Å²) in [5.41, 5.74) is 1.23. The number of carbonyl (C=O) groups excluding carboxylic acids is 1. The number of rotatable bonds is 3. The first-order chi connectivity index (χ1) is 7.65. The predicted molar refractivity (Wildman–Crippen MR) is 58.4 cm³/mol. The summed E-state index contributed by atoms with van der Waals surface area (Å²) >= 11 is 0. The number of benzene rings is 1. The van der Waals surface area contributed by atoms with Gasteiger partial charge in [0, 0.05) is 0 Å². The number of hydrogen-bond acceptors (Lipinski definition) is 4. The largest absolute Gasteiger partial charge is 0.496 e. The van der Waals surface area contributed by atoms with Crippen LogP contribution in [0.5, 0.6) is 5.75 Å². The van der Waals surface area contributed by atoms with E-state index in [-0.39, 0.29) is 12.2 Å². The van der Waals surface area contributed by atoms with E-state index >= 15 is 0 Å². The molecule has 0 saturated carbocycles. The van der Waals surface area contributed by atoms with Crippen LogP contribution < -0.4 is 4.74 Å². The van der Waals surface area contributed by atoms with Crippen LogP contribution in [0.2, 0.25) is 0 Å². The first-order valence-electron chi connectivity index (χ1n) is 4.90. The van der Waals surface area contributed by atoms with Crippen LogP contribution in [0.3, 0.4) is 0 Å². The lowest BCUT2D eigenvalue weighted by atomic mass is 10.0. The molecule has 0 saturated heterocycles. The molecule has 0 aliphatic rings. The molecule has 0 N–H and O–H groups in total. The van der Waals surface area contributed by atoms with Crippen LogP contribution in [-0.4, -0.2) is 19.7 Å². The summed E-state index contributed by atoms with van der Waals surface area (Å²) in [5, 5.41) is 9.02. The number of nitriles is 1. The maximum absolute atomic E-state index is 11.7. The highest BCUT2D eigenvalue weighted by atomic mass is 16.5. The van der Waals surface area contributed by atoms with Crippen LogP contribution in [0.1, 0.15) is 28.4 Å². The summed E-state index contributed by atoms with van der Waals surface area (Å²) < 4.78 is 9.96. The van der Waals surface area contributed by atoms with Gasteiger partial charge in [-0.1, -0.05) is 6.07 Å². The fourth-order valence-electron chi connectivity index (χ4n) is 1.41. The molecule has 84 valence electrons. The van der Waals surface area contributed by atoms with Gasteiger partial charge in [-0.05, 0) is 25.5 Å². The van der Waals surface area contributed by atoms with Crippen LogP contribution in [-0.2, 0) is 4.74 Å². The second-order valence-corrected chi connectivity index (χ2v) is 3.17. The Balaban J connectivity index is 3.37. The van der Waals surface area contributed by atoms with Crippen molar-refractivity contribution >= 4 is 5.97 Å². The van der Waals surface area contributed by atoms with E-state index in [1.54, 1.807) is 26.0 Å². The first-order valence-corrected chi connectivity index (χ1v) is 4.90. The highest BCUT2D eigenvalue weighted by Crippen LogP contribution is 2.25. The quantitative estimate of drug-likeness (QED) is 0.730. The molecular weight excluding hydrogens is 206 g/mol. The van der Waals surface area contributed by atoms with E-state index in [1.165, 1.54) is 7.11 Å². The molecule has 0 spiro atoms. The Morgan fingerprint density at radius 2 is 2.19 bits per heavy atom. The highest BCUT2D eigenvalue weighted by Gasteiger charge is 2.20. The first kappa shape index (κ1) is 12.1. The molecule has 4 heteroatoms. The second-order valence-electron chi connectivity index (χ2n) is 3.17. The number of methoxy groups -OCH3 is 1. The summed E-state index contributed by atoms with van der Waals surface area (Å²) in [6.45, 7) is 3.74. The molecular formula is C12H13NO3. The number of ether oxygens (including phenoxy) is 2. The zero-order valence-electron chi connectivity index (χ0n) is 9.53. The minimum absolute atomic E-state index is 0.201. The molecule has 1 aromatic carbocycles. The second kappa shape index (κ2) is 5.17. The molecule has 0 atom stereocenters. The van der Waals surface area contributed by atoms with Gasteiger partial charge >= 0.3 is 5.97 Å². The van der Waals surface area contributed by atoms with E-state index in [1.807, 2.05) is 6.07 Å². The molecule has 0 unspecified atom stereocenters. The molecule has 1 rings (SSSR count). The number of carbonyl (C=O) groups is 1. The minimum atomic E-state index is -0.528. The van der Waals surface area contributed by atoms with Crippen molar-refractivity contribution < 1.29 is 14.3 Å². The average molecular weight is 219 g/mol. The smallest absolute Gasteiger partial charge is 0.343 e. The van der Waals surface area contributed by atoms with Crippen LogP contribution in [0.25, 0.3) is 0 Å². The van der Waals surface area contributed by atoms with Crippen LogP contribution in [0.4, 0.5) is 0 Å². The third kappa shape index (κ3) is 2.14. The summed E-state index contributed by atoms with van der Waals surface area (Å²) in [7, 11) is 1.45. The predicted octanol–water partition coefficient (Wildman–Crippen LogP) is 2.05. The molecule has 0 amide bonds. The zero-order chi connectivity index (χ0) is 12.1. The molecule has 0 radical (unpaired) electrons. The number of hydrogen-bond donors (Lipinski definition) is 0. The number of nitrogens with zero attached hydrogens (tertiary/aromatic N) is 1. The van der Waals surface area contributed by atoms with Crippen molar-refractivity contribution in [2.24, 2.45) is 0 Å². The summed E-state index contributed by atoms with van der Waals surface area (Å²) in [6, 6.07) is 5.39. The molecule has 0 aliphatic carbocycles. The van der Waals surface area contributed by atoms with Crippen LogP contribution in [0, 0.1) is 18.3 Å². The van der Waals surface area contributed by atoms with E-state index in [2.05, 4.69) is 0 Å². The van der Waals surface area contributed by atoms with Crippen molar-refractivity contribution in [3.63, 3.8) is 0 Å². The standard InChI is InChI=1S/C12H13NO3/c1-4-16-12(14)11-9(7-13)8(2)5-6-10(11)15-3/h5-6H,4H2,1-3H3. The van der Waals surface area contributed by atoms with Gasteiger partial charge in [-0.3, -0.25) is 0 Å². The lowest BCUT2D eigenvalue weighted by molar-refractivity contribution is 0.0522. The Kier molecular flexibility index (Phi) is 3.90. The zero-order valence-corrected chi connectivity index (χ0v) is 9.53. The third-order valence-electron chi connectivity index (χ3n) is 2.19. The van der Waals surface area contributed by atoms with Gasteiger partial charge in [0.25, 0.3) is 0 Å². The summed E-state index contributed by atoms with van der Waals surface area (Å²) in [5.74, 6) is -0.166. The van der Waals surface area contributed by atoms with Crippen molar-refractivity contribution in [1.29, 1.82) is 5.26 Å². The molecule has 1 aromatic rings. The molecule has 4 nitrogen and oxygen atoms in total. The fourth-order valence-corrected chi connectivity index (χ4v) is 1.41.